The van der Waals surface area contributed by atoms with E-state index in [9.17, 15) is 29.2 Å². The first-order chi connectivity index (χ1) is 8.81. The summed E-state index contributed by atoms with van der Waals surface area (Å²) in [4.78, 5) is 30.0. The number of hydrogen-bond donors (Lipinski definition) is 1. The van der Waals surface area contributed by atoms with Crippen LogP contribution in [-0.2, 0) is 21.3 Å². The Labute approximate surface area is 108 Å². The topological polar surface area (TPSA) is 141 Å². The molecule has 0 bridgehead atoms. The van der Waals surface area contributed by atoms with E-state index in [1.165, 1.54) is 0 Å². The van der Waals surface area contributed by atoms with Crippen LogP contribution in [0.5, 0.6) is 0 Å². The molecule has 1 aromatic rings. The second-order valence-corrected chi connectivity index (χ2v) is 4.91. The molecule has 0 aliphatic carbocycles. The van der Waals surface area contributed by atoms with Gasteiger partial charge in [0.25, 0.3) is 11.4 Å². The van der Waals surface area contributed by atoms with Crippen LogP contribution < -0.4 is 0 Å². The van der Waals surface area contributed by atoms with Gasteiger partial charge in [-0.15, -0.1) is 0 Å². The number of carboxylic acids is 1. The van der Waals surface area contributed by atoms with Crippen molar-refractivity contribution in [1.82, 2.24) is 0 Å². The Balaban J connectivity index is 3.07. The number of non-ortho nitro benzene ring substituents is 1. The fraction of sp³-hybridized carbons (Fsp3) is 0.222. The van der Waals surface area contributed by atoms with Gasteiger partial charge < -0.3 is 5.11 Å². The molecule has 0 saturated carbocycles. The summed E-state index contributed by atoms with van der Waals surface area (Å²) < 4.78 is 11.4. The fourth-order valence-electron chi connectivity index (χ4n) is 1.32. The molecule has 0 spiro atoms. The van der Waals surface area contributed by atoms with E-state index in [1.54, 1.807) is 0 Å². The van der Waals surface area contributed by atoms with Crippen LogP contribution >= 0.6 is 0 Å². The van der Waals surface area contributed by atoms with Gasteiger partial charge in [0, 0.05) is 22.4 Å². The Kier molecular flexibility index (Phi) is 4.64. The third kappa shape index (κ3) is 4.10. The number of aliphatic carboxylic acids is 1. The lowest BCUT2D eigenvalue weighted by Gasteiger charge is -2.02. The molecular formula is C9H8N2O7S. The summed E-state index contributed by atoms with van der Waals surface area (Å²) in [5.74, 6) is -2.28. The van der Waals surface area contributed by atoms with Crippen molar-refractivity contribution in [3.63, 3.8) is 0 Å². The standard InChI is InChI=1S/C9H8N2O7S/c12-9(13)5-19(18)4-6-1-2-7(10(14)15)3-8(6)11(16)17/h1-3H,4-5H2,(H,12,13). The molecule has 0 fully saturated rings. The molecule has 0 saturated heterocycles. The van der Waals surface area contributed by atoms with Crippen molar-refractivity contribution in [2.45, 2.75) is 5.75 Å². The van der Waals surface area contributed by atoms with Crippen LogP contribution in [0.25, 0.3) is 0 Å². The van der Waals surface area contributed by atoms with Crippen molar-refractivity contribution in [1.29, 1.82) is 0 Å². The first kappa shape index (κ1) is 14.7. The summed E-state index contributed by atoms with van der Waals surface area (Å²) in [5, 5.41) is 29.7. The van der Waals surface area contributed by atoms with Gasteiger partial charge in [0.2, 0.25) is 0 Å². The smallest absolute Gasteiger partial charge is 0.316 e. The zero-order chi connectivity index (χ0) is 14.6. The maximum Gasteiger partial charge on any atom is 0.316 e. The van der Waals surface area contributed by atoms with E-state index in [2.05, 4.69) is 0 Å². The number of nitrogens with zero attached hydrogens (tertiary/aromatic N) is 2. The Bertz CT molecular complexity index is 572. The zero-order valence-electron chi connectivity index (χ0n) is 9.35. The number of benzene rings is 1. The third-order valence-corrected chi connectivity index (χ3v) is 3.28. The highest BCUT2D eigenvalue weighted by molar-refractivity contribution is 7.84. The van der Waals surface area contributed by atoms with Crippen molar-refractivity contribution in [3.05, 3.63) is 44.0 Å². The summed E-state index contributed by atoms with van der Waals surface area (Å²) in [6.07, 6.45) is 0. The second-order valence-electron chi connectivity index (χ2n) is 3.45. The molecule has 1 rings (SSSR count). The quantitative estimate of drug-likeness (QED) is 0.603. The molecule has 1 atom stereocenters. The van der Waals surface area contributed by atoms with Crippen LogP contribution in [-0.4, -0.2) is 30.9 Å². The van der Waals surface area contributed by atoms with Crippen molar-refractivity contribution in [2.75, 3.05) is 5.75 Å². The van der Waals surface area contributed by atoms with Gasteiger partial charge in [0.15, 0.2) is 0 Å². The third-order valence-electron chi connectivity index (χ3n) is 2.08. The van der Waals surface area contributed by atoms with Crippen molar-refractivity contribution >= 4 is 28.1 Å². The molecule has 0 heterocycles. The van der Waals surface area contributed by atoms with Crippen molar-refractivity contribution in [2.24, 2.45) is 0 Å². The van der Waals surface area contributed by atoms with Gasteiger partial charge in [0.05, 0.1) is 21.7 Å². The zero-order valence-corrected chi connectivity index (χ0v) is 10.2. The van der Waals surface area contributed by atoms with E-state index in [-0.39, 0.29) is 11.3 Å². The highest BCUT2D eigenvalue weighted by Crippen LogP contribution is 2.25. The van der Waals surface area contributed by atoms with Crippen LogP contribution in [0.2, 0.25) is 0 Å². The van der Waals surface area contributed by atoms with Crippen LogP contribution in [0.4, 0.5) is 11.4 Å². The minimum absolute atomic E-state index is 0.00446. The van der Waals surface area contributed by atoms with Gasteiger partial charge in [-0.05, 0) is 6.07 Å². The molecule has 9 nitrogen and oxygen atoms in total. The van der Waals surface area contributed by atoms with Gasteiger partial charge in [-0.2, -0.15) is 0 Å². The molecule has 1 aromatic carbocycles. The summed E-state index contributed by atoms with van der Waals surface area (Å²) in [5.41, 5.74) is -1.01. The van der Waals surface area contributed by atoms with Gasteiger partial charge in [-0.1, -0.05) is 0 Å². The minimum atomic E-state index is -1.82. The lowest BCUT2D eigenvalue weighted by Crippen LogP contribution is -2.11. The number of carbonyl (C=O) groups is 1. The number of hydrogen-bond acceptors (Lipinski definition) is 6. The molecule has 1 unspecified atom stereocenters. The molecule has 0 aromatic heterocycles. The normalized spacial score (nSPS) is 11.8. The highest BCUT2D eigenvalue weighted by atomic mass is 32.2. The average Bonchev–Trinajstić information content (AvgIpc) is 2.27. The molecule has 0 radical (unpaired) electrons. The fourth-order valence-corrected chi connectivity index (χ4v) is 2.29. The predicted octanol–water partition coefficient (Wildman–Crippen LogP) is 0.836. The number of nitro groups is 2. The van der Waals surface area contributed by atoms with E-state index in [1.807, 2.05) is 0 Å². The molecule has 1 N–H and O–H groups in total. The SMILES string of the molecule is O=C(O)CS(=O)Cc1ccc([N+](=O)[O-])cc1[N+](=O)[O-]. The lowest BCUT2D eigenvalue weighted by molar-refractivity contribution is -0.394. The first-order valence-corrected chi connectivity index (χ1v) is 6.28. The summed E-state index contributed by atoms with van der Waals surface area (Å²) >= 11 is 0. The number of carboxylic acid groups (broad SMARTS) is 1. The molecule has 0 aliphatic heterocycles. The summed E-state index contributed by atoms with van der Waals surface area (Å²) in [7, 11) is -1.82. The monoisotopic (exact) mass is 288 g/mol. The largest absolute Gasteiger partial charge is 0.481 e. The van der Waals surface area contributed by atoms with Crippen molar-refractivity contribution < 1.29 is 24.0 Å². The van der Waals surface area contributed by atoms with E-state index >= 15 is 0 Å². The number of nitro benzene ring substituents is 2. The van der Waals surface area contributed by atoms with Crippen LogP contribution in [0, 0.1) is 20.2 Å². The van der Waals surface area contributed by atoms with E-state index in [4.69, 9.17) is 5.11 Å². The molecule has 10 heteroatoms. The average molecular weight is 288 g/mol. The Morgan fingerprint density at radius 3 is 2.37 bits per heavy atom. The maximum atomic E-state index is 11.4. The second kappa shape index (κ2) is 6.00. The van der Waals surface area contributed by atoms with E-state index < -0.39 is 43.7 Å². The Hall–Kier alpha value is -2.36. The predicted molar refractivity (Wildman–Crippen MR) is 64.1 cm³/mol. The minimum Gasteiger partial charge on any atom is -0.481 e. The van der Waals surface area contributed by atoms with Crippen molar-refractivity contribution in [3.8, 4) is 0 Å². The molecule has 19 heavy (non-hydrogen) atoms. The maximum absolute atomic E-state index is 11.4. The van der Waals surface area contributed by atoms with E-state index in [0.29, 0.717) is 0 Å². The Morgan fingerprint density at radius 1 is 1.26 bits per heavy atom. The van der Waals surface area contributed by atoms with Crippen LogP contribution in [0.3, 0.4) is 0 Å². The number of rotatable bonds is 6. The highest BCUT2D eigenvalue weighted by Gasteiger charge is 2.21. The molecular weight excluding hydrogens is 280 g/mol. The molecule has 0 amide bonds. The van der Waals surface area contributed by atoms with Gasteiger partial charge in [-0.25, -0.2) is 0 Å². The van der Waals surface area contributed by atoms with E-state index in [0.717, 1.165) is 18.2 Å². The van der Waals surface area contributed by atoms with Gasteiger partial charge >= 0.3 is 5.97 Å². The lowest BCUT2D eigenvalue weighted by atomic mass is 10.2. The first-order valence-electron chi connectivity index (χ1n) is 4.79. The summed E-state index contributed by atoms with van der Waals surface area (Å²) in [6.45, 7) is 0. The van der Waals surface area contributed by atoms with Crippen LogP contribution in [0.15, 0.2) is 18.2 Å². The summed E-state index contributed by atoms with van der Waals surface area (Å²) in [6, 6.07) is 2.91. The van der Waals surface area contributed by atoms with Crippen LogP contribution in [0.1, 0.15) is 5.56 Å². The van der Waals surface area contributed by atoms with Gasteiger partial charge in [-0.3, -0.25) is 29.2 Å². The molecule has 0 aliphatic rings. The van der Waals surface area contributed by atoms with Gasteiger partial charge in [0.1, 0.15) is 5.75 Å². The Morgan fingerprint density at radius 2 is 1.89 bits per heavy atom. The molecule has 102 valence electrons.